The number of nitrogens with zero attached hydrogens (tertiary/aromatic N) is 4. The van der Waals surface area contributed by atoms with Gasteiger partial charge in [-0.05, 0) is 30.7 Å². The van der Waals surface area contributed by atoms with E-state index in [1.165, 1.54) is 18.5 Å². The maximum absolute atomic E-state index is 13.8. The van der Waals surface area contributed by atoms with E-state index in [1.54, 1.807) is 4.90 Å². The van der Waals surface area contributed by atoms with Gasteiger partial charge in [0.1, 0.15) is 17.2 Å². The van der Waals surface area contributed by atoms with Gasteiger partial charge in [-0.3, -0.25) is 4.79 Å². The quantitative estimate of drug-likeness (QED) is 0.763. The first kappa shape index (κ1) is 15.5. The van der Waals surface area contributed by atoms with Gasteiger partial charge in [-0.1, -0.05) is 0 Å². The Morgan fingerprint density at radius 3 is 3.08 bits per heavy atom. The van der Waals surface area contributed by atoms with Crippen LogP contribution < -0.4 is 5.32 Å². The van der Waals surface area contributed by atoms with Crippen LogP contribution in [-0.2, 0) is 13.0 Å². The topological polar surface area (TPSA) is 86.8 Å². The maximum Gasteiger partial charge on any atom is 0.256 e. The Labute approximate surface area is 143 Å². The molecule has 0 radical (unpaired) electrons. The number of hydrogen-bond acceptors (Lipinski definition) is 5. The highest BCUT2D eigenvalue weighted by Crippen LogP contribution is 2.24. The summed E-state index contributed by atoms with van der Waals surface area (Å²) in [6.45, 7) is 3.67. The molecule has 0 aliphatic carbocycles. The van der Waals surface area contributed by atoms with Crippen molar-refractivity contribution < 1.29 is 9.18 Å². The number of nitrogens with one attached hydrogen (secondary N) is 2. The van der Waals surface area contributed by atoms with Gasteiger partial charge < -0.3 is 15.2 Å². The fourth-order valence-electron chi connectivity index (χ4n) is 3.12. The zero-order valence-corrected chi connectivity index (χ0v) is 13.7. The molecule has 0 spiro atoms. The van der Waals surface area contributed by atoms with E-state index < -0.39 is 5.82 Å². The van der Waals surface area contributed by atoms with Gasteiger partial charge in [-0.15, -0.1) is 5.10 Å². The molecule has 1 amide bonds. The molecule has 0 fully saturated rings. The molecule has 8 heteroatoms. The minimum atomic E-state index is -0.460. The minimum Gasteiger partial charge on any atom is -0.369 e. The molecule has 3 heterocycles. The monoisotopic (exact) mass is 340 g/mol. The van der Waals surface area contributed by atoms with Crippen LogP contribution in [-0.4, -0.2) is 44.1 Å². The first-order valence-corrected chi connectivity index (χ1v) is 8.17. The molecular weight excluding hydrogens is 323 g/mol. The van der Waals surface area contributed by atoms with Crippen LogP contribution in [0.15, 0.2) is 24.5 Å². The summed E-state index contributed by atoms with van der Waals surface area (Å²) in [5, 5.41) is 11.5. The molecule has 0 saturated carbocycles. The van der Waals surface area contributed by atoms with Crippen LogP contribution in [0.5, 0.6) is 0 Å². The number of fused-ring (bicyclic) bond motifs is 2. The lowest BCUT2D eigenvalue weighted by molar-refractivity contribution is 0.0734. The van der Waals surface area contributed by atoms with Crippen molar-refractivity contribution in [2.75, 3.05) is 18.4 Å². The largest absolute Gasteiger partial charge is 0.369 e. The average Bonchev–Trinajstić information content (AvgIpc) is 3.08. The van der Waals surface area contributed by atoms with Crippen LogP contribution in [0.4, 0.5) is 10.2 Å². The van der Waals surface area contributed by atoms with Crippen LogP contribution in [0, 0.1) is 5.82 Å². The van der Waals surface area contributed by atoms with E-state index in [0.717, 1.165) is 17.8 Å². The summed E-state index contributed by atoms with van der Waals surface area (Å²) in [5.41, 5.74) is 3.13. The number of aromatic nitrogens is 4. The van der Waals surface area contributed by atoms with Crippen LogP contribution >= 0.6 is 0 Å². The summed E-state index contributed by atoms with van der Waals surface area (Å²) in [7, 11) is 0. The zero-order valence-electron chi connectivity index (χ0n) is 13.7. The van der Waals surface area contributed by atoms with E-state index in [9.17, 15) is 9.18 Å². The normalized spacial score (nSPS) is 13.8. The van der Waals surface area contributed by atoms with Gasteiger partial charge in [0.05, 0.1) is 23.1 Å². The van der Waals surface area contributed by atoms with Crippen LogP contribution in [0.3, 0.4) is 0 Å². The molecule has 0 unspecified atom stereocenters. The Kier molecular flexibility index (Phi) is 3.79. The number of aromatic amines is 1. The number of halogens is 1. The molecule has 0 bridgehead atoms. The summed E-state index contributed by atoms with van der Waals surface area (Å²) >= 11 is 0. The second kappa shape index (κ2) is 6.12. The third kappa shape index (κ3) is 2.79. The molecule has 4 rings (SSSR count). The third-order valence-corrected chi connectivity index (χ3v) is 4.30. The first-order chi connectivity index (χ1) is 12.2. The lowest BCUT2D eigenvalue weighted by Crippen LogP contribution is -2.36. The zero-order chi connectivity index (χ0) is 17.4. The second-order valence-corrected chi connectivity index (χ2v) is 5.96. The number of benzene rings is 1. The highest BCUT2D eigenvalue weighted by atomic mass is 19.1. The lowest BCUT2D eigenvalue weighted by Gasteiger charge is -2.28. The molecular formula is C17H17FN6O. The van der Waals surface area contributed by atoms with E-state index in [2.05, 4.69) is 25.5 Å². The molecule has 2 aromatic heterocycles. The van der Waals surface area contributed by atoms with E-state index in [-0.39, 0.29) is 11.5 Å². The molecule has 0 saturated heterocycles. The molecule has 0 atom stereocenters. The van der Waals surface area contributed by atoms with Gasteiger partial charge in [0.15, 0.2) is 0 Å². The van der Waals surface area contributed by atoms with Crippen molar-refractivity contribution in [1.29, 1.82) is 0 Å². The smallest absolute Gasteiger partial charge is 0.256 e. The van der Waals surface area contributed by atoms with Gasteiger partial charge in [0.2, 0.25) is 0 Å². The Morgan fingerprint density at radius 1 is 1.36 bits per heavy atom. The van der Waals surface area contributed by atoms with Gasteiger partial charge >= 0.3 is 0 Å². The fraction of sp³-hybridized carbons (Fsp3) is 0.294. The molecule has 128 valence electrons. The van der Waals surface area contributed by atoms with Crippen LogP contribution in [0.25, 0.3) is 11.0 Å². The number of imidazole rings is 1. The summed E-state index contributed by atoms with van der Waals surface area (Å²) in [6, 6.07) is 4.50. The molecule has 2 N–H and O–H groups in total. The Hall–Kier alpha value is -3.03. The molecule has 1 aromatic carbocycles. The second-order valence-electron chi connectivity index (χ2n) is 5.96. The van der Waals surface area contributed by atoms with Crippen molar-refractivity contribution in [2.24, 2.45) is 0 Å². The number of hydrogen-bond donors (Lipinski definition) is 2. The number of carbonyl (C=O) groups excluding carboxylic acids is 1. The fourth-order valence-corrected chi connectivity index (χ4v) is 3.12. The Bertz CT molecular complexity index is 953. The van der Waals surface area contributed by atoms with Crippen LogP contribution in [0.1, 0.15) is 28.5 Å². The summed E-state index contributed by atoms with van der Waals surface area (Å²) in [4.78, 5) is 21.6. The molecule has 1 aliphatic heterocycles. The van der Waals surface area contributed by atoms with E-state index in [1.807, 2.05) is 13.0 Å². The first-order valence-electron chi connectivity index (χ1n) is 8.17. The highest BCUT2D eigenvalue weighted by molar-refractivity contribution is 6.04. The third-order valence-electron chi connectivity index (χ3n) is 4.30. The number of rotatable bonds is 3. The Balaban J connectivity index is 1.65. The summed E-state index contributed by atoms with van der Waals surface area (Å²) in [6.07, 6.45) is 2.09. The van der Waals surface area contributed by atoms with Crippen molar-refractivity contribution in [1.82, 2.24) is 25.1 Å². The molecule has 1 aliphatic rings. The standard InChI is InChI=1S/C17H17FN6O/c1-2-19-15-5-10-8-24(4-3-13(10)22-23-15)17(25)12-6-11(18)7-14-16(12)21-9-20-14/h5-7,9H,2-4,8H2,1H3,(H,19,23)(H,20,21). The highest BCUT2D eigenvalue weighted by Gasteiger charge is 2.25. The van der Waals surface area contributed by atoms with Gasteiger partial charge in [-0.2, -0.15) is 5.10 Å². The van der Waals surface area contributed by atoms with Crippen molar-refractivity contribution in [3.63, 3.8) is 0 Å². The van der Waals surface area contributed by atoms with Crippen molar-refractivity contribution in [3.8, 4) is 0 Å². The van der Waals surface area contributed by atoms with Gasteiger partial charge in [0.25, 0.3) is 5.91 Å². The van der Waals surface area contributed by atoms with E-state index in [4.69, 9.17) is 0 Å². The maximum atomic E-state index is 13.8. The number of H-pyrrole nitrogens is 1. The molecule has 25 heavy (non-hydrogen) atoms. The van der Waals surface area contributed by atoms with Crippen molar-refractivity contribution >= 4 is 22.8 Å². The van der Waals surface area contributed by atoms with Crippen molar-refractivity contribution in [3.05, 3.63) is 47.2 Å². The molecule has 3 aromatic rings. The SMILES string of the molecule is CCNc1cc2c(nn1)CCN(C(=O)c1cc(F)cc3[nH]cnc13)C2. The van der Waals surface area contributed by atoms with Gasteiger partial charge in [-0.25, -0.2) is 9.37 Å². The van der Waals surface area contributed by atoms with Crippen molar-refractivity contribution in [2.45, 2.75) is 19.9 Å². The summed E-state index contributed by atoms with van der Waals surface area (Å²) < 4.78 is 13.8. The van der Waals surface area contributed by atoms with E-state index >= 15 is 0 Å². The minimum absolute atomic E-state index is 0.232. The summed E-state index contributed by atoms with van der Waals surface area (Å²) in [5.74, 6) is -0.00197. The molecule has 7 nitrogen and oxygen atoms in total. The average molecular weight is 340 g/mol. The number of amides is 1. The van der Waals surface area contributed by atoms with Crippen LogP contribution in [0.2, 0.25) is 0 Å². The predicted molar refractivity (Wildman–Crippen MR) is 90.7 cm³/mol. The number of anilines is 1. The lowest BCUT2D eigenvalue weighted by atomic mass is 10.0. The predicted octanol–water partition coefficient (Wildman–Crippen LogP) is 2.12. The Morgan fingerprint density at radius 2 is 2.24 bits per heavy atom. The van der Waals surface area contributed by atoms with E-state index in [0.29, 0.717) is 36.4 Å². The van der Waals surface area contributed by atoms with Gasteiger partial charge in [0, 0.05) is 26.1 Å². The number of carbonyl (C=O) groups is 1.